The average Bonchev–Trinajstić information content (AvgIpc) is 2.44. The van der Waals surface area contributed by atoms with Crippen molar-refractivity contribution in [1.29, 1.82) is 0 Å². The number of methoxy groups -OCH3 is 1. The summed E-state index contributed by atoms with van der Waals surface area (Å²) in [5.74, 6) is -0.171. The van der Waals surface area contributed by atoms with E-state index in [4.69, 9.17) is 22.1 Å². The number of anilines is 2. The summed E-state index contributed by atoms with van der Waals surface area (Å²) in [5, 5.41) is 3.01. The molecule has 0 saturated heterocycles. The maximum absolute atomic E-state index is 12.2. The fourth-order valence-corrected chi connectivity index (χ4v) is 1.91. The molecule has 0 spiro atoms. The molecule has 0 atom stereocenters. The van der Waals surface area contributed by atoms with Crippen LogP contribution in [0.1, 0.15) is 16.1 Å². The second-order valence-corrected chi connectivity index (χ2v) is 4.52. The van der Waals surface area contributed by atoms with Crippen molar-refractivity contribution < 1.29 is 9.53 Å². The molecule has 104 valence electrons. The van der Waals surface area contributed by atoms with Crippen LogP contribution in [0.25, 0.3) is 0 Å². The van der Waals surface area contributed by atoms with Crippen molar-refractivity contribution in [2.75, 3.05) is 18.2 Å². The average molecular weight is 292 g/mol. The van der Waals surface area contributed by atoms with Gasteiger partial charge in [-0.3, -0.25) is 4.79 Å². The Kier molecular flexibility index (Phi) is 4.55. The van der Waals surface area contributed by atoms with Gasteiger partial charge in [0.1, 0.15) is 11.5 Å². The predicted octanol–water partition coefficient (Wildman–Crippen LogP) is 2.72. The third kappa shape index (κ3) is 3.26. The molecule has 0 aliphatic rings. The molecular weight excluding hydrogens is 278 g/mol. The molecule has 0 radical (unpaired) electrons. The Morgan fingerprint density at radius 3 is 2.85 bits per heavy atom. The van der Waals surface area contributed by atoms with Crippen molar-refractivity contribution in [1.82, 2.24) is 4.98 Å². The number of nitrogens with two attached hydrogens (primary N) is 1. The lowest BCUT2D eigenvalue weighted by atomic mass is 10.2. The minimum atomic E-state index is -0.411. The van der Waals surface area contributed by atoms with Crippen LogP contribution in [0, 0.1) is 0 Å². The van der Waals surface area contributed by atoms with Gasteiger partial charge in [0.25, 0.3) is 5.91 Å². The third-order valence-electron chi connectivity index (χ3n) is 2.65. The van der Waals surface area contributed by atoms with Gasteiger partial charge in [-0.05, 0) is 18.2 Å². The molecule has 3 N–H and O–H groups in total. The normalized spacial score (nSPS) is 10.3. The van der Waals surface area contributed by atoms with Crippen molar-refractivity contribution in [3.63, 3.8) is 0 Å². The summed E-state index contributed by atoms with van der Waals surface area (Å²) < 4.78 is 5.09. The second-order valence-electron chi connectivity index (χ2n) is 4.11. The first kappa shape index (κ1) is 14.3. The Balaban J connectivity index is 2.26. The van der Waals surface area contributed by atoms with Gasteiger partial charge < -0.3 is 15.8 Å². The van der Waals surface area contributed by atoms with E-state index < -0.39 is 5.91 Å². The van der Waals surface area contributed by atoms with E-state index in [2.05, 4.69) is 10.3 Å². The van der Waals surface area contributed by atoms with Crippen molar-refractivity contribution in [2.45, 2.75) is 6.61 Å². The third-order valence-corrected chi connectivity index (χ3v) is 2.95. The quantitative estimate of drug-likeness (QED) is 0.908. The second kappa shape index (κ2) is 6.36. The number of hydrogen-bond donors (Lipinski definition) is 2. The molecule has 0 bridgehead atoms. The van der Waals surface area contributed by atoms with Crippen LogP contribution in [-0.2, 0) is 11.3 Å². The van der Waals surface area contributed by atoms with Crippen LogP contribution in [0.2, 0.25) is 5.02 Å². The molecule has 1 amide bonds. The Hall–Kier alpha value is -2.11. The molecule has 0 fully saturated rings. The number of hydrogen-bond acceptors (Lipinski definition) is 4. The van der Waals surface area contributed by atoms with E-state index >= 15 is 0 Å². The van der Waals surface area contributed by atoms with Gasteiger partial charge in [-0.25, -0.2) is 4.98 Å². The minimum absolute atomic E-state index is 0.0962. The van der Waals surface area contributed by atoms with E-state index in [1.54, 1.807) is 19.2 Å². The van der Waals surface area contributed by atoms with Crippen LogP contribution in [0.3, 0.4) is 0 Å². The summed E-state index contributed by atoms with van der Waals surface area (Å²) in [5.41, 5.74) is 7.18. The number of aromatic nitrogens is 1. The topological polar surface area (TPSA) is 77.2 Å². The maximum Gasteiger partial charge on any atom is 0.275 e. The number of pyridine rings is 1. The van der Waals surface area contributed by atoms with Crippen LogP contribution < -0.4 is 11.1 Å². The first-order valence-corrected chi connectivity index (χ1v) is 6.30. The first-order chi connectivity index (χ1) is 9.61. The van der Waals surface area contributed by atoms with Crippen LogP contribution in [0.5, 0.6) is 0 Å². The van der Waals surface area contributed by atoms with E-state index in [1.807, 2.05) is 18.2 Å². The number of carbonyl (C=O) groups excluding carboxylic acids is 1. The van der Waals surface area contributed by atoms with Gasteiger partial charge in [-0.1, -0.05) is 29.8 Å². The van der Waals surface area contributed by atoms with Crippen LogP contribution in [0.4, 0.5) is 11.5 Å². The number of nitrogen functional groups attached to an aromatic ring is 1. The SMILES string of the molecule is COCc1ccccc1NC(=O)c1nc(N)ccc1Cl. The Labute approximate surface area is 121 Å². The largest absolute Gasteiger partial charge is 0.384 e. The monoisotopic (exact) mass is 291 g/mol. The molecular formula is C14H14ClN3O2. The molecule has 1 heterocycles. The molecule has 0 unspecified atom stereocenters. The van der Waals surface area contributed by atoms with Gasteiger partial charge >= 0.3 is 0 Å². The lowest BCUT2D eigenvalue weighted by Gasteiger charge is -2.11. The van der Waals surface area contributed by atoms with Crippen LogP contribution in [-0.4, -0.2) is 18.0 Å². The molecule has 1 aromatic carbocycles. The zero-order chi connectivity index (χ0) is 14.5. The number of amides is 1. The van der Waals surface area contributed by atoms with E-state index in [0.717, 1.165) is 5.56 Å². The number of rotatable bonds is 4. The Morgan fingerprint density at radius 1 is 1.35 bits per heavy atom. The van der Waals surface area contributed by atoms with Gasteiger partial charge in [-0.15, -0.1) is 0 Å². The molecule has 2 aromatic rings. The van der Waals surface area contributed by atoms with Gasteiger partial charge in [0.2, 0.25) is 0 Å². The van der Waals surface area contributed by atoms with E-state index in [0.29, 0.717) is 12.3 Å². The lowest BCUT2D eigenvalue weighted by molar-refractivity contribution is 0.102. The molecule has 20 heavy (non-hydrogen) atoms. The van der Waals surface area contributed by atoms with Gasteiger partial charge in [0.05, 0.1) is 11.6 Å². The Morgan fingerprint density at radius 2 is 2.10 bits per heavy atom. The zero-order valence-electron chi connectivity index (χ0n) is 10.9. The molecule has 0 saturated carbocycles. The van der Waals surface area contributed by atoms with E-state index in [1.165, 1.54) is 6.07 Å². The van der Waals surface area contributed by atoms with Crippen molar-refractivity contribution in [3.05, 3.63) is 52.7 Å². The lowest BCUT2D eigenvalue weighted by Crippen LogP contribution is -2.16. The van der Waals surface area contributed by atoms with Crippen molar-refractivity contribution in [2.24, 2.45) is 0 Å². The number of para-hydroxylation sites is 1. The highest BCUT2D eigenvalue weighted by Crippen LogP contribution is 2.20. The van der Waals surface area contributed by atoms with E-state index in [9.17, 15) is 4.79 Å². The maximum atomic E-state index is 12.2. The summed E-state index contributed by atoms with van der Waals surface area (Å²) in [6.45, 7) is 0.397. The molecule has 5 nitrogen and oxygen atoms in total. The smallest absolute Gasteiger partial charge is 0.275 e. The highest BCUT2D eigenvalue weighted by atomic mass is 35.5. The summed E-state index contributed by atoms with van der Waals surface area (Å²) in [7, 11) is 1.59. The number of nitrogens with zero attached hydrogens (tertiary/aromatic N) is 1. The van der Waals surface area contributed by atoms with Gasteiger partial charge in [-0.2, -0.15) is 0 Å². The van der Waals surface area contributed by atoms with E-state index in [-0.39, 0.29) is 16.5 Å². The summed E-state index contributed by atoms with van der Waals surface area (Å²) in [4.78, 5) is 16.1. The summed E-state index contributed by atoms with van der Waals surface area (Å²) in [6, 6.07) is 10.4. The summed E-state index contributed by atoms with van der Waals surface area (Å²) in [6.07, 6.45) is 0. The minimum Gasteiger partial charge on any atom is -0.384 e. The Bertz CT molecular complexity index is 632. The highest BCUT2D eigenvalue weighted by Gasteiger charge is 2.14. The first-order valence-electron chi connectivity index (χ1n) is 5.92. The number of benzene rings is 1. The van der Waals surface area contributed by atoms with Gasteiger partial charge in [0, 0.05) is 18.4 Å². The zero-order valence-corrected chi connectivity index (χ0v) is 11.6. The molecule has 0 aliphatic heterocycles. The number of halogens is 1. The fourth-order valence-electron chi connectivity index (χ4n) is 1.72. The standard InChI is InChI=1S/C14H14ClN3O2/c1-20-8-9-4-2-3-5-11(9)17-14(19)13-10(15)6-7-12(16)18-13/h2-7H,8H2,1H3,(H2,16,18)(H,17,19). The van der Waals surface area contributed by atoms with Gasteiger partial charge in [0.15, 0.2) is 0 Å². The number of carbonyl (C=O) groups is 1. The molecule has 6 heteroatoms. The molecule has 2 rings (SSSR count). The van der Waals surface area contributed by atoms with Crippen molar-refractivity contribution >= 4 is 29.0 Å². The highest BCUT2D eigenvalue weighted by molar-refractivity contribution is 6.34. The molecule has 1 aromatic heterocycles. The number of ether oxygens (including phenoxy) is 1. The van der Waals surface area contributed by atoms with Crippen molar-refractivity contribution in [3.8, 4) is 0 Å². The molecule has 0 aliphatic carbocycles. The van der Waals surface area contributed by atoms with Crippen LogP contribution >= 0.6 is 11.6 Å². The summed E-state index contributed by atoms with van der Waals surface area (Å²) >= 11 is 5.95. The van der Waals surface area contributed by atoms with Crippen LogP contribution in [0.15, 0.2) is 36.4 Å². The number of nitrogens with one attached hydrogen (secondary N) is 1. The fraction of sp³-hybridized carbons (Fsp3) is 0.143. The predicted molar refractivity (Wildman–Crippen MR) is 78.8 cm³/mol.